The fraction of sp³-hybridized carbons (Fsp3) is 0.500. The van der Waals surface area contributed by atoms with Crippen molar-refractivity contribution >= 4 is 6.08 Å². The van der Waals surface area contributed by atoms with E-state index in [1.165, 1.54) is 6.07 Å². The molecule has 0 radical (unpaired) electrons. The Kier molecular flexibility index (Phi) is 9.53. The molecule has 2 fully saturated rings. The molecule has 0 heterocycles. The number of allylic oxidation sites excluding steroid dienone is 1. The quantitative estimate of drug-likeness (QED) is 0.269. The minimum atomic E-state index is -0.682. The van der Waals surface area contributed by atoms with E-state index in [9.17, 15) is 9.50 Å². The minimum absolute atomic E-state index is 0.0172. The highest BCUT2D eigenvalue weighted by Gasteiger charge is 2.30. The first-order valence-electron chi connectivity index (χ1n) is 13.7. The van der Waals surface area contributed by atoms with Crippen LogP contribution in [0.3, 0.4) is 0 Å². The van der Waals surface area contributed by atoms with Gasteiger partial charge in [-0.1, -0.05) is 36.4 Å². The van der Waals surface area contributed by atoms with Crippen LogP contribution in [0.4, 0.5) is 13.2 Å². The predicted octanol–water partition coefficient (Wildman–Crippen LogP) is 8.70. The van der Waals surface area contributed by atoms with Crippen molar-refractivity contribution in [2.75, 3.05) is 6.61 Å². The highest BCUT2D eigenvalue weighted by molar-refractivity contribution is 5.51. The summed E-state index contributed by atoms with van der Waals surface area (Å²) in [4.78, 5) is 0. The van der Waals surface area contributed by atoms with Gasteiger partial charge in [0.15, 0.2) is 23.2 Å². The smallest absolute Gasteiger partial charge is 0.165 e. The average Bonchev–Trinajstić information content (AvgIpc) is 2.91. The van der Waals surface area contributed by atoms with Crippen LogP contribution in [-0.4, -0.2) is 17.8 Å². The Labute approximate surface area is 219 Å². The number of aliphatic hydroxyl groups excluding tert-OH is 1. The highest BCUT2D eigenvalue weighted by Crippen LogP contribution is 2.42. The van der Waals surface area contributed by atoms with Gasteiger partial charge in [0.1, 0.15) is 0 Å². The van der Waals surface area contributed by atoms with Gasteiger partial charge in [0.25, 0.3) is 0 Å². The summed E-state index contributed by atoms with van der Waals surface area (Å²) >= 11 is 0. The van der Waals surface area contributed by atoms with E-state index in [-0.39, 0.29) is 35.4 Å². The number of hydrogen-bond acceptors (Lipinski definition) is 2. The topological polar surface area (TPSA) is 29.5 Å². The van der Waals surface area contributed by atoms with Gasteiger partial charge in [-0.3, -0.25) is 0 Å². The van der Waals surface area contributed by atoms with Gasteiger partial charge in [0.2, 0.25) is 0 Å². The third-order valence-electron chi connectivity index (χ3n) is 8.34. The van der Waals surface area contributed by atoms with Gasteiger partial charge < -0.3 is 9.84 Å². The molecule has 4 rings (SSSR count). The van der Waals surface area contributed by atoms with Gasteiger partial charge in [-0.05, 0) is 117 Å². The Hall–Kier alpha value is -2.53. The van der Waals surface area contributed by atoms with Crippen LogP contribution < -0.4 is 4.74 Å². The van der Waals surface area contributed by atoms with E-state index in [0.29, 0.717) is 30.1 Å². The third kappa shape index (κ3) is 6.87. The molecule has 5 heteroatoms. The zero-order valence-electron chi connectivity index (χ0n) is 21.8. The van der Waals surface area contributed by atoms with Crippen molar-refractivity contribution in [3.05, 3.63) is 83.2 Å². The molecule has 2 aromatic carbocycles. The fourth-order valence-corrected chi connectivity index (χ4v) is 5.98. The number of benzene rings is 2. The summed E-state index contributed by atoms with van der Waals surface area (Å²) in [5, 5.41) is 9.82. The lowest BCUT2D eigenvalue weighted by atomic mass is 9.75. The van der Waals surface area contributed by atoms with Gasteiger partial charge in [0, 0.05) is 0 Å². The lowest BCUT2D eigenvalue weighted by Crippen LogP contribution is -2.23. The molecule has 2 aromatic rings. The van der Waals surface area contributed by atoms with Crippen molar-refractivity contribution < 1.29 is 23.0 Å². The van der Waals surface area contributed by atoms with Crippen LogP contribution in [0.2, 0.25) is 0 Å². The summed E-state index contributed by atoms with van der Waals surface area (Å²) in [6, 6.07) is 8.56. The lowest BCUT2D eigenvalue weighted by Gasteiger charge is -2.31. The van der Waals surface area contributed by atoms with Crippen molar-refractivity contribution in [3.63, 3.8) is 0 Å². The van der Waals surface area contributed by atoms with Gasteiger partial charge >= 0.3 is 0 Å². The molecular weight excluding hydrogens is 473 g/mol. The van der Waals surface area contributed by atoms with E-state index in [1.807, 2.05) is 19.1 Å². The van der Waals surface area contributed by atoms with Crippen LogP contribution in [0.5, 0.6) is 5.75 Å². The fourth-order valence-electron chi connectivity index (χ4n) is 5.98. The summed E-state index contributed by atoms with van der Waals surface area (Å²) in [5.41, 5.74) is 1.77. The first-order valence-corrected chi connectivity index (χ1v) is 13.7. The predicted molar refractivity (Wildman–Crippen MR) is 143 cm³/mol. The van der Waals surface area contributed by atoms with Crippen LogP contribution in [0, 0.1) is 29.3 Å². The van der Waals surface area contributed by atoms with E-state index in [1.54, 1.807) is 24.3 Å². The zero-order valence-corrected chi connectivity index (χ0v) is 21.8. The van der Waals surface area contributed by atoms with Gasteiger partial charge in [-0.15, -0.1) is 6.58 Å². The molecule has 0 saturated heterocycles. The molecule has 1 atom stereocenters. The Morgan fingerprint density at radius 3 is 2.05 bits per heavy atom. The normalized spacial score (nSPS) is 25.2. The molecule has 2 nitrogen and oxygen atoms in total. The molecule has 200 valence electrons. The van der Waals surface area contributed by atoms with Crippen molar-refractivity contribution in [1.82, 2.24) is 0 Å². The summed E-state index contributed by atoms with van der Waals surface area (Å²) in [6.45, 7) is 5.84. The summed E-state index contributed by atoms with van der Waals surface area (Å²) in [5.74, 6) is -0.870. The second-order valence-electron chi connectivity index (χ2n) is 10.8. The van der Waals surface area contributed by atoms with Crippen LogP contribution in [0.1, 0.15) is 93.2 Å². The first-order chi connectivity index (χ1) is 17.9. The van der Waals surface area contributed by atoms with Crippen LogP contribution in [0.15, 0.2) is 49.1 Å². The second kappa shape index (κ2) is 12.8. The number of halogens is 3. The molecule has 0 aromatic heterocycles. The van der Waals surface area contributed by atoms with E-state index in [0.717, 1.165) is 56.9 Å². The SMILES string of the molecule is C=CCCOc1ccc(/C=C/C2CCC(c3ccc(C4CCC(C(C)O)CC4)c(F)c3F)CC2)cc1F. The molecule has 0 aliphatic heterocycles. The molecular formula is C32H39F3O2. The van der Waals surface area contributed by atoms with Crippen molar-refractivity contribution in [2.45, 2.75) is 82.7 Å². The molecule has 2 saturated carbocycles. The van der Waals surface area contributed by atoms with Crippen molar-refractivity contribution in [2.24, 2.45) is 11.8 Å². The molecule has 2 aliphatic carbocycles. The lowest BCUT2D eigenvalue weighted by molar-refractivity contribution is 0.0963. The van der Waals surface area contributed by atoms with Crippen LogP contribution in [0.25, 0.3) is 6.08 Å². The molecule has 0 bridgehead atoms. The highest BCUT2D eigenvalue weighted by atomic mass is 19.2. The minimum Gasteiger partial charge on any atom is -0.490 e. The monoisotopic (exact) mass is 512 g/mol. The summed E-state index contributed by atoms with van der Waals surface area (Å²) in [6.07, 6.45) is 12.7. The Morgan fingerprint density at radius 2 is 1.51 bits per heavy atom. The second-order valence-corrected chi connectivity index (χ2v) is 10.8. The van der Waals surface area contributed by atoms with Gasteiger partial charge in [-0.25, -0.2) is 13.2 Å². The summed E-state index contributed by atoms with van der Waals surface area (Å²) in [7, 11) is 0. The molecule has 1 N–H and O–H groups in total. The summed E-state index contributed by atoms with van der Waals surface area (Å²) < 4.78 is 50.0. The maximum atomic E-state index is 15.2. The molecule has 2 aliphatic rings. The Bertz CT molecular complexity index is 1080. The number of rotatable bonds is 9. The van der Waals surface area contributed by atoms with E-state index >= 15 is 8.78 Å². The first kappa shape index (κ1) is 27.5. The van der Waals surface area contributed by atoms with E-state index in [2.05, 4.69) is 12.7 Å². The van der Waals surface area contributed by atoms with Gasteiger partial charge in [-0.2, -0.15) is 0 Å². The maximum Gasteiger partial charge on any atom is 0.165 e. The maximum absolute atomic E-state index is 15.2. The third-order valence-corrected chi connectivity index (χ3v) is 8.34. The molecule has 0 spiro atoms. The Balaban J connectivity index is 1.32. The number of hydrogen-bond donors (Lipinski definition) is 1. The van der Waals surface area contributed by atoms with E-state index < -0.39 is 11.6 Å². The van der Waals surface area contributed by atoms with Crippen LogP contribution in [-0.2, 0) is 0 Å². The standard InChI is InChI=1S/C32H39F3O2/c1-3-4-19-37-30-18-9-23(20-29(30)33)6-5-22-7-10-25(11-8-22)27-16-17-28(32(35)31(27)34)26-14-12-24(13-15-26)21(2)36/h3,5-6,9,16-18,20-22,24-26,36H,1,4,7-8,10-15,19H2,2H3/b6-5+. The largest absolute Gasteiger partial charge is 0.490 e. The Morgan fingerprint density at radius 1 is 0.919 bits per heavy atom. The number of ether oxygens (including phenoxy) is 1. The van der Waals surface area contributed by atoms with Crippen molar-refractivity contribution in [3.8, 4) is 5.75 Å². The van der Waals surface area contributed by atoms with E-state index in [4.69, 9.17) is 4.74 Å². The molecule has 0 amide bonds. The average molecular weight is 513 g/mol. The zero-order chi connectivity index (χ0) is 26.4. The van der Waals surface area contributed by atoms with Gasteiger partial charge in [0.05, 0.1) is 12.7 Å². The number of aliphatic hydroxyl groups is 1. The molecule has 37 heavy (non-hydrogen) atoms. The van der Waals surface area contributed by atoms with Crippen molar-refractivity contribution in [1.29, 1.82) is 0 Å². The molecule has 1 unspecified atom stereocenters. The van der Waals surface area contributed by atoms with Crippen LogP contribution >= 0.6 is 0 Å².